The summed E-state index contributed by atoms with van der Waals surface area (Å²) in [5.41, 5.74) is 2.74. The molecule has 0 radical (unpaired) electrons. The first-order chi connectivity index (χ1) is 7.25. The standard InChI is InChI=1S/C9H8N4OS/c1-6-3-2-4-7(11-6)8(14)12-9-13-10-5-15-9/h2-5H,1H3,(H,12,13,14). The summed E-state index contributed by atoms with van der Waals surface area (Å²) < 4.78 is 0. The molecule has 15 heavy (non-hydrogen) atoms. The second-order valence-corrected chi connectivity index (χ2v) is 3.70. The van der Waals surface area contributed by atoms with Crippen LogP contribution in [0.1, 0.15) is 16.2 Å². The van der Waals surface area contributed by atoms with E-state index >= 15 is 0 Å². The lowest BCUT2D eigenvalue weighted by Crippen LogP contribution is -2.13. The summed E-state index contributed by atoms with van der Waals surface area (Å²) in [4.78, 5) is 15.7. The number of carbonyl (C=O) groups excluding carboxylic acids is 1. The molecule has 0 aliphatic heterocycles. The van der Waals surface area contributed by atoms with E-state index in [1.165, 1.54) is 11.3 Å². The van der Waals surface area contributed by atoms with Crippen LogP contribution in [0.3, 0.4) is 0 Å². The van der Waals surface area contributed by atoms with Crippen molar-refractivity contribution in [2.75, 3.05) is 5.32 Å². The van der Waals surface area contributed by atoms with Crippen LogP contribution in [-0.4, -0.2) is 21.1 Å². The summed E-state index contributed by atoms with van der Waals surface area (Å²) in [6, 6.07) is 5.28. The Labute approximate surface area is 90.2 Å². The number of nitrogens with zero attached hydrogens (tertiary/aromatic N) is 3. The van der Waals surface area contributed by atoms with Gasteiger partial charge in [-0.25, -0.2) is 4.98 Å². The van der Waals surface area contributed by atoms with Crippen molar-refractivity contribution in [3.63, 3.8) is 0 Å². The maximum Gasteiger partial charge on any atom is 0.276 e. The molecule has 0 bridgehead atoms. The van der Waals surface area contributed by atoms with Crippen molar-refractivity contribution in [2.24, 2.45) is 0 Å². The maximum absolute atomic E-state index is 11.6. The van der Waals surface area contributed by atoms with Gasteiger partial charge in [-0.15, -0.1) is 10.2 Å². The predicted molar refractivity (Wildman–Crippen MR) is 56.8 cm³/mol. The molecular formula is C9H8N4OS. The first-order valence-electron chi connectivity index (χ1n) is 4.27. The van der Waals surface area contributed by atoms with Crippen LogP contribution >= 0.6 is 11.3 Å². The molecule has 2 heterocycles. The molecule has 0 unspecified atom stereocenters. The zero-order chi connectivity index (χ0) is 10.7. The first kappa shape index (κ1) is 9.72. The molecule has 2 aromatic heterocycles. The van der Waals surface area contributed by atoms with E-state index in [0.29, 0.717) is 10.8 Å². The molecule has 2 rings (SSSR count). The van der Waals surface area contributed by atoms with E-state index < -0.39 is 0 Å². The van der Waals surface area contributed by atoms with Gasteiger partial charge in [0, 0.05) is 5.69 Å². The monoisotopic (exact) mass is 220 g/mol. The Morgan fingerprint density at radius 2 is 2.33 bits per heavy atom. The zero-order valence-corrected chi connectivity index (χ0v) is 8.78. The van der Waals surface area contributed by atoms with Crippen LogP contribution < -0.4 is 5.32 Å². The Kier molecular flexibility index (Phi) is 2.68. The van der Waals surface area contributed by atoms with Gasteiger partial charge in [0.15, 0.2) is 0 Å². The minimum atomic E-state index is -0.268. The highest BCUT2D eigenvalue weighted by Crippen LogP contribution is 2.09. The highest BCUT2D eigenvalue weighted by atomic mass is 32.1. The second-order valence-electron chi connectivity index (χ2n) is 2.86. The van der Waals surface area contributed by atoms with E-state index in [-0.39, 0.29) is 5.91 Å². The van der Waals surface area contributed by atoms with Gasteiger partial charge in [0.25, 0.3) is 5.91 Å². The van der Waals surface area contributed by atoms with Crippen LogP contribution in [0.4, 0.5) is 5.13 Å². The Morgan fingerprint density at radius 1 is 1.47 bits per heavy atom. The largest absolute Gasteiger partial charge is 0.295 e. The molecule has 0 spiro atoms. The molecule has 0 fully saturated rings. The Morgan fingerprint density at radius 3 is 3.00 bits per heavy atom. The highest BCUT2D eigenvalue weighted by Gasteiger charge is 2.08. The molecule has 6 heteroatoms. The molecule has 0 saturated carbocycles. The molecule has 5 nitrogen and oxygen atoms in total. The van der Waals surface area contributed by atoms with Crippen LogP contribution in [0.15, 0.2) is 23.7 Å². The van der Waals surface area contributed by atoms with Crippen molar-refractivity contribution < 1.29 is 4.79 Å². The van der Waals surface area contributed by atoms with Gasteiger partial charge in [-0.1, -0.05) is 17.4 Å². The van der Waals surface area contributed by atoms with Gasteiger partial charge in [-0.3, -0.25) is 10.1 Å². The molecular weight excluding hydrogens is 212 g/mol. The predicted octanol–water partition coefficient (Wildman–Crippen LogP) is 1.49. The third kappa shape index (κ3) is 2.35. The van der Waals surface area contributed by atoms with Gasteiger partial charge >= 0.3 is 0 Å². The van der Waals surface area contributed by atoms with Crippen molar-refractivity contribution in [3.05, 3.63) is 35.1 Å². The van der Waals surface area contributed by atoms with Crippen molar-refractivity contribution in [3.8, 4) is 0 Å². The van der Waals surface area contributed by atoms with Crippen LogP contribution in [0, 0.1) is 6.92 Å². The fraction of sp³-hybridized carbons (Fsp3) is 0.111. The summed E-state index contributed by atoms with van der Waals surface area (Å²) in [5.74, 6) is -0.268. The maximum atomic E-state index is 11.6. The lowest BCUT2D eigenvalue weighted by atomic mass is 10.3. The van der Waals surface area contributed by atoms with E-state index in [4.69, 9.17) is 0 Å². The van der Waals surface area contributed by atoms with E-state index in [9.17, 15) is 4.79 Å². The average Bonchev–Trinajstić information content (AvgIpc) is 2.70. The third-order valence-electron chi connectivity index (χ3n) is 1.70. The van der Waals surface area contributed by atoms with Gasteiger partial charge in [0.05, 0.1) is 0 Å². The van der Waals surface area contributed by atoms with Crippen LogP contribution in [0.5, 0.6) is 0 Å². The summed E-state index contributed by atoms with van der Waals surface area (Å²) >= 11 is 1.27. The summed E-state index contributed by atoms with van der Waals surface area (Å²) in [6.45, 7) is 1.84. The minimum Gasteiger partial charge on any atom is -0.295 e. The van der Waals surface area contributed by atoms with Crippen LogP contribution in [-0.2, 0) is 0 Å². The number of amides is 1. The Balaban J connectivity index is 2.15. The van der Waals surface area contributed by atoms with Crippen molar-refractivity contribution in [1.29, 1.82) is 0 Å². The fourth-order valence-corrected chi connectivity index (χ4v) is 1.50. The van der Waals surface area contributed by atoms with Gasteiger partial charge in [0.2, 0.25) is 5.13 Å². The minimum absolute atomic E-state index is 0.268. The number of rotatable bonds is 2. The zero-order valence-electron chi connectivity index (χ0n) is 7.97. The van der Waals surface area contributed by atoms with Crippen molar-refractivity contribution >= 4 is 22.4 Å². The Hall–Kier alpha value is -1.82. The lowest BCUT2D eigenvalue weighted by Gasteiger charge is -2.00. The number of nitrogens with one attached hydrogen (secondary N) is 1. The molecule has 0 saturated heterocycles. The molecule has 2 aromatic rings. The summed E-state index contributed by atoms with van der Waals surface area (Å²) in [6.07, 6.45) is 0. The Bertz CT molecular complexity index is 469. The van der Waals surface area contributed by atoms with Crippen molar-refractivity contribution in [2.45, 2.75) is 6.92 Å². The SMILES string of the molecule is Cc1cccc(C(=O)Nc2nncs2)n1. The van der Waals surface area contributed by atoms with E-state index in [2.05, 4.69) is 20.5 Å². The van der Waals surface area contributed by atoms with E-state index in [1.54, 1.807) is 17.6 Å². The van der Waals surface area contributed by atoms with E-state index in [0.717, 1.165) is 5.69 Å². The normalized spacial score (nSPS) is 9.93. The molecule has 0 aromatic carbocycles. The molecule has 0 aliphatic carbocycles. The number of aromatic nitrogens is 3. The summed E-state index contributed by atoms with van der Waals surface area (Å²) in [5, 5.41) is 10.4. The van der Waals surface area contributed by atoms with Gasteiger partial charge in [0.1, 0.15) is 11.2 Å². The van der Waals surface area contributed by atoms with Crippen LogP contribution in [0.25, 0.3) is 0 Å². The number of hydrogen-bond acceptors (Lipinski definition) is 5. The number of pyridine rings is 1. The topological polar surface area (TPSA) is 67.8 Å². The second kappa shape index (κ2) is 4.14. The highest BCUT2D eigenvalue weighted by molar-refractivity contribution is 7.13. The van der Waals surface area contributed by atoms with Gasteiger partial charge in [-0.2, -0.15) is 0 Å². The molecule has 0 atom stereocenters. The quantitative estimate of drug-likeness (QED) is 0.832. The number of anilines is 1. The number of hydrogen-bond donors (Lipinski definition) is 1. The lowest BCUT2D eigenvalue weighted by molar-refractivity contribution is 0.102. The average molecular weight is 220 g/mol. The van der Waals surface area contributed by atoms with Crippen molar-refractivity contribution in [1.82, 2.24) is 15.2 Å². The smallest absolute Gasteiger partial charge is 0.276 e. The van der Waals surface area contributed by atoms with E-state index in [1.807, 2.05) is 13.0 Å². The fourth-order valence-electron chi connectivity index (χ4n) is 1.06. The molecule has 1 amide bonds. The first-order valence-corrected chi connectivity index (χ1v) is 5.15. The molecule has 76 valence electrons. The summed E-state index contributed by atoms with van der Waals surface area (Å²) in [7, 11) is 0. The van der Waals surface area contributed by atoms with Gasteiger partial charge in [-0.05, 0) is 19.1 Å². The van der Waals surface area contributed by atoms with Gasteiger partial charge < -0.3 is 0 Å². The number of aryl methyl sites for hydroxylation is 1. The molecule has 0 aliphatic rings. The number of carbonyl (C=O) groups is 1. The molecule has 1 N–H and O–H groups in total. The third-order valence-corrected chi connectivity index (χ3v) is 2.31. The van der Waals surface area contributed by atoms with Crippen LogP contribution in [0.2, 0.25) is 0 Å².